The van der Waals surface area contributed by atoms with Gasteiger partial charge in [0, 0.05) is 11.6 Å². The van der Waals surface area contributed by atoms with Crippen LogP contribution in [0, 0.1) is 12.7 Å². The second-order valence-corrected chi connectivity index (χ2v) is 7.70. The van der Waals surface area contributed by atoms with Crippen LogP contribution in [0.3, 0.4) is 0 Å². The molecule has 4 rings (SSSR count). The van der Waals surface area contributed by atoms with Gasteiger partial charge >= 0.3 is 5.69 Å². The summed E-state index contributed by atoms with van der Waals surface area (Å²) in [7, 11) is 0. The molecule has 0 fully saturated rings. The van der Waals surface area contributed by atoms with Gasteiger partial charge in [-0.3, -0.25) is 14.2 Å². The maximum atomic E-state index is 13.4. The zero-order valence-electron chi connectivity index (χ0n) is 17.4. The Morgan fingerprint density at radius 2 is 1.68 bits per heavy atom. The number of halogens is 1. The summed E-state index contributed by atoms with van der Waals surface area (Å²) in [5.74, 6) is -0.631. The predicted molar refractivity (Wildman–Crippen MR) is 115 cm³/mol. The van der Waals surface area contributed by atoms with Crippen molar-refractivity contribution in [3.63, 3.8) is 0 Å². The first-order chi connectivity index (χ1) is 14.8. The smallest absolute Gasteiger partial charge is 0.317 e. The summed E-state index contributed by atoms with van der Waals surface area (Å²) in [6.45, 7) is 5.28. The highest BCUT2D eigenvalue weighted by Gasteiger charge is 2.21. The Balaban J connectivity index is 1.92. The van der Waals surface area contributed by atoms with Gasteiger partial charge in [-0.2, -0.15) is 0 Å². The lowest BCUT2D eigenvalue weighted by Gasteiger charge is -2.14. The van der Waals surface area contributed by atoms with E-state index >= 15 is 0 Å². The molecule has 7 nitrogen and oxygen atoms in total. The molecule has 2 aromatic carbocycles. The number of ketones is 1. The molecule has 2 heterocycles. The maximum Gasteiger partial charge on any atom is 0.337 e. The van der Waals surface area contributed by atoms with Crippen LogP contribution in [0.25, 0.3) is 16.9 Å². The summed E-state index contributed by atoms with van der Waals surface area (Å²) in [5, 5.41) is 0. The molecule has 4 aromatic rings. The molecule has 8 heteroatoms. The van der Waals surface area contributed by atoms with E-state index in [1.807, 2.05) is 19.1 Å². The quantitative estimate of drug-likeness (QED) is 0.464. The summed E-state index contributed by atoms with van der Waals surface area (Å²) < 4.78 is 17.3. The number of hydrogen-bond donors (Lipinski definition) is 0. The predicted octanol–water partition coefficient (Wildman–Crippen LogP) is 3.26. The fourth-order valence-electron chi connectivity index (χ4n) is 3.54. The van der Waals surface area contributed by atoms with Crippen LogP contribution in [0.4, 0.5) is 4.39 Å². The van der Waals surface area contributed by atoms with Gasteiger partial charge in [0.15, 0.2) is 16.9 Å². The van der Waals surface area contributed by atoms with Crippen molar-refractivity contribution < 1.29 is 9.18 Å². The molecule has 2 aromatic heterocycles. The van der Waals surface area contributed by atoms with Gasteiger partial charge in [0.1, 0.15) is 5.82 Å². The molecule has 0 aliphatic rings. The standard InChI is InChI=1S/C23H21FN4O3/c1-14(2)27-22(30)20-21(28(23(27)31)18-10-8-17(24)9-11-18)25-13-26(20)12-19(29)16-6-4-15(3)5-7-16/h4-11,13-14H,12H2,1-3H3. The first kappa shape index (κ1) is 20.5. The fourth-order valence-corrected chi connectivity index (χ4v) is 3.54. The average Bonchev–Trinajstić information content (AvgIpc) is 3.13. The van der Waals surface area contributed by atoms with E-state index in [1.54, 1.807) is 26.0 Å². The Kier molecular flexibility index (Phi) is 5.14. The fraction of sp³-hybridized carbons (Fsp3) is 0.217. The van der Waals surface area contributed by atoms with Crippen molar-refractivity contribution in [1.82, 2.24) is 18.7 Å². The monoisotopic (exact) mass is 420 g/mol. The number of aryl methyl sites for hydroxylation is 1. The first-order valence-electron chi connectivity index (χ1n) is 9.86. The van der Waals surface area contributed by atoms with E-state index in [-0.39, 0.29) is 23.5 Å². The van der Waals surface area contributed by atoms with Gasteiger partial charge in [-0.1, -0.05) is 29.8 Å². The SMILES string of the molecule is Cc1ccc(C(=O)Cn2cnc3c2c(=O)n(C(C)C)c(=O)n3-c2ccc(F)cc2)cc1. The van der Waals surface area contributed by atoms with E-state index in [0.717, 1.165) is 10.1 Å². The van der Waals surface area contributed by atoms with E-state index < -0.39 is 23.1 Å². The van der Waals surface area contributed by atoms with E-state index in [2.05, 4.69) is 4.98 Å². The lowest BCUT2D eigenvalue weighted by atomic mass is 10.1. The molecular weight excluding hydrogens is 399 g/mol. The van der Waals surface area contributed by atoms with Gasteiger partial charge in [0.2, 0.25) is 0 Å². The molecule has 0 saturated heterocycles. The molecule has 0 spiro atoms. The Hall–Kier alpha value is -3.81. The number of carbonyl (C=O) groups is 1. The molecule has 0 aliphatic carbocycles. The van der Waals surface area contributed by atoms with Crippen LogP contribution in [-0.2, 0) is 6.54 Å². The highest BCUT2D eigenvalue weighted by molar-refractivity contribution is 5.96. The van der Waals surface area contributed by atoms with E-state index in [1.165, 1.54) is 39.7 Å². The van der Waals surface area contributed by atoms with Gasteiger partial charge in [0.25, 0.3) is 5.56 Å². The number of hydrogen-bond acceptors (Lipinski definition) is 4. The van der Waals surface area contributed by atoms with Crippen molar-refractivity contribution >= 4 is 16.9 Å². The summed E-state index contributed by atoms with van der Waals surface area (Å²) in [6.07, 6.45) is 1.38. The minimum atomic E-state index is -0.575. The second-order valence-electron chi connectivity index (χ2n) is 7.70. The molecule has 0 amide bonds. The van der Waals surface area contributed by atoms with Gasteiger partial charge in [0.05, 0.1) is 18.6 Å². The number of imidazole rings is 1. The first-order valence-corrected chi connectivity index (χ1v) is 9.86. The second kappa shape index (κ2) is 7.79. The molecule has 0 aliphatic heterocycles. The number of carbonyl (C=O) groups excluding carboxylic acids is 1. The van der Waals surface area contributed by atoms with E-state index in [9.17, 15) is 18.8 Å². The Morgan fingerprint density at radius 3 is 2.29 bits per heavy atom. The number of Topliss-reactive ketones (excluding diaryl/α,β-unsaturated/α-hetero) is 1. The van der Waals surface area contributed by atoms with Crippen molar-refractivity contribution in [3.8, 4) is 5.69 Å². The minimum Gasteiger partial charge on any atom is -0.317 e. The van der Waals surface area contributed by atoms with Crippen molar-refractivity contribution in [3.05, 3.63) is 92.6 Å². The summed E-state index contributed by atoms with van der Waals surface area (Å²) in [6, 6.07) is 12.1. The van der Waals surface area contributed by atoms with E-state index in [0.29, 0.717) is 11.3 Å². The van der Waals surface area contributed by atoms with Crippen molar-refractivity contribution in [1.29, 1.82) is 0 Å². The lowest BCUT2D eigenvalue weighted by Crippen LogP contribution is -2.41. The highest BCUT2D eigenvalue weighted by atomic mass is 19.1. The largest absolute Gasteiger partial charge is 0.337 e. The zero-order chi connectivity index (χ0) is 22.3. The molecule has 0 bridgehead atoms. The van der Waals surface area contributed by atoms with Crippen LogP contribution in [-0.4, -0.2) is 24.5 Å². The van der Waals surface area contributed by atoms with Crippen molar-refractivity contribution in [2.45, 2.75) is 33.4 Å². The van der Waals surface area contributed by atoms with Gasteiger partial charge < -0.3 is 4.57 Å². The van der Waals surface area contributed by atoms with Crippen LogP contribution < -0.4 is 11.2 Å². The van der Waals surface area contributed by atoms with E-state index in [4.69, 9.17) is 0 Å². The number of nitrogens with zero attached hydrogens (tertiary/aromatic N) is 4. The highest BCUT2D eigenvalue weighted by Crippen LogP contribution is 2.16. The normalized spacial score (nSPS) is 11.4. The Labute approximate surface area is 177 Å². The van der Waals surface area contributed by atoms with Gasteiger partial charge in [-0.15, -0.1) is 0 Å². The van der Waals surface area contributed by atoms with Crippen LogP contribution in [0.1, 0.15) is 35.8 Å². The Bertz CT molecular complexity index is 1390. The van der Waals surface area contributed by atoms with Crippen LogP contribution in [0.2, 0.25) is 0 Å². The third-order valence-corrected chi connectivity index (χ3v) is 5.14. The number of benzene rings is 2. The third-order valence-electron chi connectivity index (χ3n) is 5.14. The molecule has 0 radical (unpaired) electrons. The summed E-state index contributed by atoms with van der Waals surface area (Å²) >= 11 is 0. The summed E-state index contributed by atoms with van der Waals surface area (Å²) in [4.78, 5) is 43.4. The minimum absolute atomic E-state index is 0.103. The van der Waals surface area contributed by atoms with Crippen LogP contribution in [0.15, 0.2) is 64.4 Å². The maximum absolute atomic E-state index is 13.4. The summed E-state index contributed by atoms with van der Waals surface area (Å²) in [5.41, 5.74) is 1.09. The van der Waals surface area contributed by atoms with Crippen LogP contribution in [0.5, 0.6) is 0 Å². The van der Waals surface area contributed by atoms with Crippen molar-refractivity contribution in [2.75, 3.05) is 0 Å². The molecule has 0 atom stereocenters. The molecular formula is C23H21FN4O3. The molecule has 31 heavy (non-hydrogen) atoms. The van der Waals surface area contributed by atoms with Crippen molar-refractivity contribution in [2.24, 2.45) is 0 Å². The molecule has 0 saturated carbocycles. The number of aromatic nitrogens is 4. The molecule has 0 unspecified atom stereocenters. The van der Waals surface area contributed by atoms with Crippen LogP contribution >= 0.6 is 0 Å². The number of fused-ring (bicyclic) bond motifs is 1. The topological polar surface area (TPSA) is 78.9 Å². The molecule has 158 valence electrons. The Morgan fingerprint density at radius 1 is 1.03 bits per heavy atom. The van der Waals surface area contributed by atoms with Gasteiger partial charge in [-0.25, -0.2) is 18.7 Å². The third kappa shape index (κ3) is 3.61. The molecule has 0 N–H and O–H groups in total. The number of rotatable bonds is 5. The average molecular weight is 420 g/mol. The zero-order valence-corrected chi connectivity index (χ0v) is 17.4. The van der Waals surface area contributed by atoms with Gasteiger partial charge in [-0.05, 0) is 45.0 Å². The lowest BCUT2D eigenvalue weighted by molar-refractivity contribution is 0.0973.